The van der Waals surface area contributed by atoms with Crippen LogP contribution in [0.15, 0.2) is 34.7 Å². The minimum absolute atomic E-state index is 0.157. The van der Waals surface area contributed by atoms with Crippen LogP contribution in [0.1, 0.15) is 90.0 Å². The Morgan fingerprint density at radius 1 is 1.12 bits per heavy atom. The fourth-order valence-corrected chi connectivity index (χ4v) is 10.1. The molecule has 0 amide bonds. The number of fused-ring (bicyclic) bond motifs is 3. The highest BCUT2D eigenvalue weighted by molar-refractivity contribution is 5.39. The van der Waals surface area contributed by atoms with E-state index in [0.717, 1.165) is 30.7 Å². The van der Waals surface area contributed by atoms with E-state index in [4.69, 9.17) is 9.15 Å². The van der Waals surface area contributed by atoms with Gasteiger partial charge in [-0.3, -0.25) is 0 Å². The minimum atomic E-state index is -0.830. The Balaban J connectivity index is 1.12. The molecule has 7 rings (SSSR count). The van der Waals surface area contributed by atoms with E-state index < -0.39 is 5.60 Å². The Labute approximate surface area is 205 Å². The molecule has 4 aliphatic carbocycles. The number of allylic oxidation sites excluding steroid dienone is 2. The fourth-order valence-electron chi connectivity index (χ4n) is 10.1. The van der Waals surface area contributed by atoms with Crippen LogP contribution in [0.3, 0.4) is 0 Å². The maximum atomic E-state index is 12.1. The molecule has 6 aliphatic rings. The van der Waals surface area contributed by atoms with Crippen LogP contribution < -0.4 is 0 Å². The predicted molar refractivity (Wildman–Crippen MR) is 132 cm³/mol. The number of rotatable bonds is 5. The van der Waals surface area contributed by atoms with E-state index in [2.05, 4.69) is 24.8 Å². The molecule has 1 aromatic rings. The molecule has 3 saturated carbocycles. The van der Waals surface area contributed by atoms with Crippen molar-refractivity contribution in [2.75, 3.05) is 19.6 Å². The summed E-state index contributed by atoms with van der Waals surface area (Å²) in [5.41, 5.74) is 1.81. The fraction of sp³-hybridized carbons (Fsp3) is 0.800. The highest BCUT2D eigenvalue weighted by Gasteiger charge is 2.84. The zero-order valence-electron chi connectivity index (χ0n) is 21.2. The zero-order chi connectivity index (χ0) is 23.2. The quantitative estimate of drug-likeness (QED) is 0.425. The van der Waals surface area contributed by atoms with E-state index in [9.17, 15) is 5.11 Å². The van der Waals surface area contributed by atoms with Gasteiger partial charge in [0.1, 0.15) is 11.2 Å². The van der Waals surface area contributed by atoms with E-state index >= 15 is 0 Å². The van der Waals surface area contributed by atoms with Crippen LogP contribution in [0, 0.1) is 28.6 Å². The third kappa shape index (κ3) is 2.77. The summed E-state index contributed by atoms with van der Waals surface area (Å²) in [6.07, 6.45) is 20.1. The highest BCUT2D eigenvalue weighted by Crippen LogP contribution is 2.78. The Hall–Kier alpha value is -1.10. The van der Waals surface area contributed by atoms with Crippen molar-refractivity contribution >= 4 is 0 Å². The van der Waals surface area contributed by atoms with Crippen LogP contribution in [0.25, 0.3) is 0 Å². The first-order valence-corrected chi connectivity index (χ1v) is 14.3. The Bertz CT molecular complexity index is 966. The van der Waals surface area contributed by atoms with Gasteiger partial charge in [0.15, 0.2) is 0 Å². The highest BCUT2D eigenvalue weighted by atomic mass is 16.6. The van der Waals surface area contributed by atoms with Crippen molar-refractivity contribution in [3.63, 3.8) is 0 Å². The van der Waals surface area contributed by atoms with Gasteiger partial charge in [0.2, 0.25) is 0 Å². The van der Waals surface area contributed by atoms with Gasteiger partial charge in [0, 0.05) is 17.4 Å². The van der Waals surface area contributed by atoms with Crippen LogP contribution in [-0.2, 0) is 10.3 Å². The third-order valence-electron chi connectivity index (χ3n) is 12.0. The number of furan rings is 1. The van der Waals surface area contributed by atoms with Crippen LogP contribution >= 0.6 is 0 Å². The van der Waals surface area contributed by atoms with E-state index in [1.54, 1.807) is 18.1 Å². The SMILES string of the molecule is C[C@]12CC(CCCN3CCCC3)CCC1=CC[C@@H]1[C@H]2CC[C@]2(C)C(O)(c3ccoc3)CC3O[C@]312. The van der Waals surface area contributed by atoms with Gasteiger partial charge < -0.3 is 19.2 Å². The summed E-state index contributed by atoms with van der Waals surface area (Å²) in [5.74, 6) is 2.10. The second-order valence-corrected chi connectivity index (χ2v) is 13.2. The first-order chi connectivity index (χ1) is 16.4. The number of nitrogens with zero attached hydrogens (tertiary/aromatic N) is 1. The zero-order valence-corrected chi connectivity index (χ0v) is 21.2. The summed E-state index contributed by atoms with van der Waals surface area (Å²) in [6, 6.07) is 1.98. The molecule has 2 aliphatic heterocycles. The summed E-state index contributed by atoms with van der Waals surface area (Å²) >= 11 is 0. The normalized spacial score (nSPS) is 49.7. The molecule has 0 aromatic carbocycles. The maximum Gasteiger partial charge on any atom is 0.107 e. The second-order valence-electron chi connectivity index (χ2n) is 13.2. The lowest BCUT2D eigenvalue weighted by Gasteiger charge is -2.59. The molecule has 8 atom stereocenters. The smallest absolute Gasteiger partial charge is 0.107 e. The standard InChI is InChI=1S/C30H43NO3/c1-27-18-21(6-5-16-31-14-3-4-15-31)7-8-22(27)9-10-25-24(27)11-13-28(2)29(32,23-12-17-33-20-23)19-26-30(25,28)34-26/h9,12,17,20-21,24-26,32H,3-8,10-11,13-16,18-19H2,1-2H3/t21?,24-,25-,26?,27+,28-,29?,30+/m1/s1. The topological polar surface area (TPSA) is 49.1 Å². The van der Waals surface area contributed by atoms with Gasteiger partial charge in [-0.25, -0.2) is 0 Å². The lowest BCUT2D eigenvalue weighted by Crippen LogP contribution is -2.59. The van der Waals surface area contributed by atoms with Crippen molar-refractivity contribution in [3.05, 3.63) is 35.8 Å². The molecule has 34 heavy (non-hydrogen) atoms. The summed E-state index contributed by atoms with van der Waals surface area (Å²) in [7, 11) is 0. The Kier molecular flexibility index (Phi) is 4.85. The number of epoxide rings is 1. The number of ether oxygens (including phenoxy) is 1. The van der Waals surface area contributed by atoms with Crippen molar-refractivity contribution in [2.45, 2.75) is 102 Å². The first kappa shape index (κ1) is 22.1. The van der Waals surface area contributed by atoms with Gasteiger partial charge in [-0.15, -0.1) is 0 Å². The summed E-state index contributed by atoms with van der Waals surface area (Å²) < 4.78 is 12.1. The number of likely N-dealkylation sites (tertiary alicyclic amines) is 1. The molecular weight excluding hydrogens is 422 g/mol. The van der Waals surface area contributed by atoms with Crippen molar-refractivity contribution in [1.82, 2.24) is 4.90 Å². The molecule has 2 saturated heterocycles. The van der Waals surface area contributed by atoms with Gasteiger partial charge in [-0.05, 0) is 113 Å². The first-order valence-electron chi connectivity index (χ1n) is 14.3. The summed E-state index contributed by atoms with van der Waals surface area (Å²) in [6.45, 7) is 8.90. The van der Waals surface area contributed by atoms with Gasteiger partial charge in [0.05, 0.1) is 18.6 Å². The lowest BCUT2D eigenvalue weighted by atomic mass is 9.45. The summed E-state index contributed by atoms with van der Waals surface area (Å²) in [5, 5.41) is 12.1. The molecule has 5 fully saturated rings. The van der Waals surface area contributed by atoms with Crippen LogP contribution in [-0.4, -0.2) is 41.3 Å². The summed E-state index contributed by atoms with van der Waals surface area (Å²) in [4.78, 5) is 2.68. The molecule has 3 unspecified atom stereocenters. The molecule has 4 nitrogen and oxygen atoms in total. The third-order valence-corrected chi connectivity index (χ3v) is 12.0. The molecule has 186 valence electrons. The molecule has 0 bridgehead atoms. The van der Waals surface area contributed by atoms with E-state index in [-0.39, 0.29) is 17.1 Å². The number of aliphatic hydroxyl groups is 1. The molecule has 0 radical (unpaired) electrons. The van der Waals surface area contributed by atoms with Gasteiger partial charge in [-0.2, -0.15) is 0 Å². The average molecular weight is 466 g/mol. The molecule has 1 spiro atoms. The van der Waals surface area contributed by atoms with Crippen molar-refractivity contribution < 1.29 is 14.3 Å². The maximum absolute atomic E-state index is 12.1. The molecule has 4 heteroatoms. The molecule has 1 N–H and O–H groups in total. The molecular formula is C30H43NO3. The van der Waals surface area contributed by atoms with E-state index in [0.29, 0.717) is 17.3 Å². The minimum Gasteiger partial charge on any atom is -0.472 e. The largest absolute Gasteiger partial charge is 0.472 e. The average Bonchev–Trinajstić information content (AvgIpc) is 3.25. The van der Waals surface area contributed by atoms with Gasteiger partial charge >= 0.3 is 0 Å². The van der Waals surface area contributed by atoms with Gasteiger partial charge in [-0.1, -0.05) is 25.5 Å². The predicted octanol–water partition coefficient (Wildman–Crippen LogP) is 6.05. The second kappa shape index (κ2) is 7.46. The molecule has 3 heterocycles. The van der Waals surface area contributed by atoms with Crippen molar-refractivity contribution in [2.24, 2.45) is 28.6 Å². The van der Waals surface area contributed by atoms with Crippen LogP contribution in [0.2, 0.25) is 0 Å². The number of hydrogen-bond donors (Lipinski definition) is 1. The van der Waals surface area contributed by atoms with Crippen molar-refractivity contribution in [3.8, 4) is 0 Å². The Morgan fingerprint density at radius 2 is 1.97 bits per heavy atom. The van der Waals surface area contributed by atoms with Crippen LogP contribution in [0.4, 0.5) is 0 Å². The monoisotopic (exact) mass is 465 g/mol. The van der Waals surface area contributed by atoms with E-state index in [1.807, 2.05) is 6.07 Å². The Morgan fingerprint density at radius 3 is 2.76 bits per heavy atom. The molecule has 1 aromatic heterocycles. The van der Waals surface area contributed by atoms with Crippen molar-refractivity contribution in [1.29, 1.82) is 0 Å². The lowest BCUT2D eigenvalue weighted by molar-refractivity contribution is -0.172. The number of hydrogen-bond acceptors (Lipinski definition) is 4. The van der Waals surface area contributed by atoms with Crippen LogP contribution in [0.5, 0.6) is 0 Å². The van der Waals surface area contributed by atoms with E-state index in [1.165, 1.54) is 71.0 Å². The van der Waals surface area contributed by atoms with Gasteiger partial charge in [0.25, 0.3) is 0 Å².